The highest BCUT2D eigenvalue weighted by Gasteiger charge is 2.32. The fourth-order valence-electron chi connectivity index (χ4n) is 2.80. The SMILES string of the molecule is CC(Cc1ccccc1)NS(=O)(=O)N1CCCCC1CO. The Balaban J connectivity index is 1.99. The predicted octanol–water partition coefficient (Wildman–Crippen LogP) is 1.30. The van der Waals surface area contributed by atoms with Crippen LogP contribution >= 0.6 is 0 Å². The van der Waals surface area contributed by atoms with Gasteiger partial charge in [-0.05, 0) is 31.7 Å². The molecule has 0 aliphatic carbocycles. The molecule has 2 unspecified atom stereocenters. The minimum absolute atomic E-state index is 0.117. The summed E-state index contributed by atoms with van der Waals surface area (Å²) in [7, 11) is -3.54. The van der Waals surface area contributed by atoms with Crippen LogP contribution in [0.1, 0.15) is 31.7 Å². The summed E-state index contributed by atoms with van der Waals surface area (Å²) in [5.74, 6) is 0. The summed E-state index contributed by atoms with van der Waals surface area (Å²) in [4.78, 5) is 0. The van der Waals surface area contributed by atoms with E-state index in [9.17, 15) is 13.5 Å². The van der Waals surface area contributed by atoms with Crippen LogP contribution in [0.25, 0.3) is 0 Å². The van der Waals surface area contributed by atoms with Crippen molar-refractivity contribution in [3.05, 3.63) is 35.9 Å². The molecule has 2 rings (SSSR count). The number of piperidine rings is 1. The van der Waals surface area contributed by atoms with Crippen LogP contribution in [0.2, 0.25) is 0 Å². The standard InChI is InChI=1S/C15H24N2O3S/c1-13(11-14-7-3-2-4-8-14)16-21(19,20)17-10-6-5-9-15(17)12-18/h2-4,7-8,13,15-16,18H,5-6,9-12H2,1H3. The fraction of sp³-hybridized carbons (Fsp3) is 0.600. The minimum atomic E-state index is -3.54. The third kappa shape index (κ3) is 4.51. The Morgan fingerprint density at radius 3 is 2.71 bits per heavy atom. The minimum Gasteiger partial charge on any atom is -0.395 e. The van der Waals surface area contributed by atoms with E-state index < -0.39 is 10.2 Å². The maximum atomic E-state index is 12.5. The van der Waals surface area contributed by atoms with Crippen molar-refractivity contribution in [1.82, 2.24) is 9.03 Å². The molecular formula is C15H24N2O3S. The van der Waals surface area contributed by atoms with E-state index in [0.29, 0.717) is 13.0 Å². The number of hydrogen-bond donors (Lipinski definition) is 2. The summed E-state index contributed by atoms with van der Waals surface area (Å²) >= 11 is 0. The molecule has 2 atom stereocenters. The van der Waals surface area contributed by atoms with E-state index in [1.807, 2.05) is 37.3 Å². The van der Waals surface area contributed by atoms with Gasteiger partial charge >= 0.3 is 0 Å². The average molecular weight is 312 g/mol. The van der Waals surface area contributed by atoms with Gasteiger partial charge in [0.2, 0.25) is 0 Å². The Morgan fingerprint density at radius 1 is 1.33 bits per heavy atom. The molecule has 1 aliphatic rings. The molecule has 1 aromatic carbocycles. The molecule has 2 N–H and O–H groups in total. The molecule has 0 amide bonds. The van der Waals surface area contributed by atoms with Crippen molar-refractivity contribution >= 4 is 10.2 Å². The molecule has 0 radical (unpaired) electrons. The molecule has 21 heavy (non-hydrogen) atoms. The fourth-order valence-corrected chi connectivity index (χ4v) is 4.47. The Labute approximate surface area is 127 Å². The zero-order valence-corrected chi connectivity index (χ0v) is 13.2. The van der Waals surface area contributed by atoms with Crippen molar-refractivity contribution in [2.24, 2.45) is 0 Å². The molecule has 1 heterocycles. The highest BCUT2D eigenvalue weighted by atomic mass is 32.2. The first-order valence-corrected chi connectivity index (χ1v) is 8.91. The van der Waals surface area contributed by atoms with E-state index in [4.69, 9.17) is 0 Å². The number of aliphatic hydroxyl groups excluding tert-OH is 1. The number of nitrogens with zero attached hydrogens (tertiary/aromatic N) is 1. The number of benzene rings is 1. The van der Waals surface area contributed by atoms with Gasteiger partial charge in [0.1, 0.15) is 0 Å². The first-order valence-electron chi connectivity index (χ1n) is 7.47. The first kappa shape index (κ1) is 16.4. The second-order valence-corrected chi connectivity index (χ2v) is 7.31. The molecule has 118 valence electrons. The van der Waals surface area contributed by atoms with Crippen molar-refractivity contribution in [3.63, 3.8) is 0 Å². The molecule has 6 heteroatoms. The van der Waals surface area contributed by atoms with Crippen LogP contribution < -0.4 is 4.72 Å². The van der Waals surface area contributed by atoms with Gasteiger partial charge in [-0.25, -0.2) is 0 Å². The van der Waals surface area contributed by atoms with Crippen LogP contribution in [-0.4, -0.2) is 43.1 Å². The van der Waals surface area contributed by atoms with E-state index in [-0.39, 0.29) is 18.7 Å². The summed E-state index contributed by atoms with van der Waals surface area (Å²) < 4.78 is 29.1. The highest BCUT2D eigenvalue weighted by Crippen LogP contribution is 2.19. The lowest BCUT2D eigenvalue weighted by atomic mass is 10.1. The second-order valence-electron chi connectivity index (χ2n) is 5.66. The number of nitrogens with one attached hydrogen (secondary N) is 1. The van der Waals surface area contributed by atoms with Crippen molar-refractivity contribution in [3.8, 4) is 0 Å². The zero-order chi connectivity index (χ0) is 15.3. The Bertz CT molecular complexity index is 533. The molecule has 1 saturated heterocycles. The van der Waals surface area contributed by atoms with Crippen LogP contribution in [0.4, 0.5) is 0 Å². The Morgan fingerprint density at radius 2 is 2.05 bits per heavy atom. The van der Waals surface area contributed by atoms with Gasteiger partial charge in [-0.15, -0.1) is 0 Å². The Kier molecular flexibility index (Phi) is 5.75. The third-order valence-corrected chi connectivity index (χ3v) is 5.63. The number of rotatable bonds is 6. The molecule has 1 aliphatic heterocycles. The lowest BCUT2D eigenvalue weighted by Crippen LogP contribution is -2.52. The lowest BCUT2D eigenvalue weighted by Gasteiger charge is -2.34. The topological polar surface area (TPSA) is 69.6 Å². The van der Waals surface area contributed by atoms with Gasteiger partial charge in [-0.2, -0.15) is 17.4 Å². The molecular weight excluding hydrogens is 288 g/mol. The maximum absolute atomic E-state index is 12.5. The lowest BCUT2D eigenvalue weighted by molar-refractivity contribution is 0.153. The number of hydrogen-bond acceptors (Lipinski definition) is 3. The van der Waals surface area contributed by atoms with Gasteiger partial charge in [0.15, 0.2) is 0 Å². The predicted molar refractivity (Wildman–Crippen MR) is 83.1 cm³/mol. The first-order chi connectivity index (χ1) is 10.0. The van der Waals surface area contributed by atoms with E-state index in [1.54, 1.807) is 0 Å². The quantitative estimate of drug-likeness (QED) is 0.832. The van der Waals surface area contributed by atoms with Gasteiger partial charge < -0.3 is 5.11 Å². The van der Waals surface area contributed by atoms with Crippen molar-refractivity contribution < 1.29 is 13.5 Å². The molecule has 1 fully saturated rings. The number of aliphatic hydroxyl groups is 1. The van der Waals surface area contributed by atoms with Gasteiger partial charge in [-0.3, -0.25) is 0 Å². The molecule has 5 nitrogen and oxygen atoms in total. The van der Waals surface area contributed by atoms with Crippen molar-refractivity contribution in [2.75, 3.05) is 13.2 Å². The van der Waals surface area contributed by atoms with Crippen LogP contribution in [0.15, 0.2) is 30.3 Å². The van der Waals surface area contributed by atoms with Gasteiger partial charge in [-0.1, -0.05) is 36.8 Å². The molecule has 0 aromatic heterocycles. The molecule has 0 bridgehead atoms. The smallest absolute Gasteiger partial charge is 0.280 e. The summed E-state index contributed by atoms with van der Waals surface area (Å²) in [5.41, 5.74) is 1.10. The van der Waals surface area contributed by atoms with Gasteiger partial charge in [0.05, 0.1) is 6.61 Å². The average Bonchev–Trinajstić information content (AvgIpc) is 2.47. The largest absolute Gasteiger partial charge is 0.395 e. The zero-order valence-electron chi connectivity index (χ0n) is 12.4. The van der Waals surface area contributed by atoms with E-state index >= 15 is 0 Å². The molecule has 1 aromatic rings. The summed E-state index contributed by atoms with van der Waals surface area (Å²) in [5, 5.41) is 9.36. The monoisotopic (exact) mass is 312 g/mol. The maximum Gasteiger partial charge on any atom is 0.280 e. The third-order valence-electron chi connectivity index (χ3n) is 3.83. The summed E-state index contributed by atoms with van der Waals surface area (Å²) in [6.07, 6.45) is 3.20. The summed E-state index contributed by atoms with van der Waals surface area (Å²) in [6.45, 7) is 2.23. The second kappa shape index (κ2) is 7.35. The van der Waals surface area contributed by atoms with Crippen LogP contribution in [0, 0.1) is 0 Å². The van der Waals surface area contributed by atoms with E-state index in [0.717, 1.165) is 24.8 Å². The van der Waals surface area contributed by atoms with E-state index in [2.05, 4.69) is 4.72 Å². The van der Waals surface area contributed by atoms with Crippen molar-refractivity contribution in [2.45, 2.75) is 44.7 Å². The summed E-state index contributed by atoms with van der Waals surface area (Å²) in [6, 6.07) is 9.34. The van der Waals surface area contributed by atoms with Crippen LogP contribution in [0.5, 0.6) is 0 Å². The van der Waals surface area contributed by atoms with Gasteiger partial charge in [0, 0.05) is 18.6 Å². The van der Waals surface area contributed by atoms with Crippen molar-refractivity contribution in [1.29, 1.82) is 0 Å². The molecule has 0 saturated carbocycles. The van der Waals surface area contributed by atoms with Gasteiger partial charge in [0.25, 0.3) is 10.2 Å². The Hall–Kier alpha value is -0.950. The molecule has 0 spiro atoms. The van der Waals surface area contributed by atoms with Crippen LogP contribution in [-0.2, 0) is 16.6 Å². The van der Waals surface area contributed by atoms with E-state index in [1.165, 1.54) is 4.31 Å². The normalized spacial score (nSPS) is 22.1. The highest BCUT2D eigenvalue weighted by molar-refractivity contribution is 7.87. The van der Waals surface area contributed by atoms with Crippen LogP contribution in [0.3, 0.4) is 0 Å².